The highest BCUT2D eigenvalue weighted by Gasteiger charge is 2.28. The first kappa shape index (κ1) is 13.1. The maximum absolute atomic E-state index is 12.4. The van der Waals surface area contributed by atoms with Gasteiger partial charge < -0.3 is 15.7 Å². The lowest BCUT2D eigenvalue weighted by molar-refractivity contribution is -0.135. The first-order valence-corrected chi connectivity index (χ1v) is 6.44. The van der Waals surface area contributed by atoms with Gasteiger partial charge in [0.25, 0.3) is 0 Å². The summed E-state index contributed by atoms with van der Waals surface area (Å²) in [5.41, 5.74) is 6.69. The molecule has 1 aromatic rings. The Bertz CT molecular complexity index is 394. The minimum Gasteiger partial charge on any atom is -0.391 e. The van der Waals surface area contributed by atoms with Gasteiger partial charge in [-0.2, -0.15) is 0 Å². The van der Waals surface area contributed by atoms with E-state index in [2.05, 4.69) is 0 Å². The minimum atomic E-state index is -0.392. The number of rotatable bonds is 3. The van der Waals surface area contributed by atoms with Crippen molar-refractivity contribution in [2.45, 2.75) is 24.9 Å². The van der Waals surface area contributed by atoms with Crippen LogP contribution in [0, 0.1) is 0 Å². The summed E-state index contributed by atoms with van der Waals surface area (Å²) in [6.45, 7) is 1.46. The van der Waals surface area contributed by atoms with E-state index in [0.29, 0.717) is 13.1 Å². The van der Waals surface area contributed by atoms with Crippen LogP contribution in [-0.4, -0.2) is 41.7 Å². The molecule has 0 saturated carbocycles. The van der Waals surface area contributed by atoms with E-state index in [9.17, 15) is 9.90 Å². The molecule has 1 fully saturated rings. The molecular formula is C14H20N2O2. The van der Waals surface area contributed by atoms with Gasteiger partial charge in [-0.05, 0) is 18.4 Å². The van der Waals surface area contributed by atoms with Crippen molar-refractivity contribution in [1.29, 1.82) is 0 Å². The molecule has 98 valence electrons. The molecule has 1 aliphatic rings. The molecule has 1 aliphatic heterocycles. The summed E-state index contributed by atoms with van der Waals surface area (Å²) < 4.78 is 0. The summed E-state index contributed by atoms with van der Waals surface area (Å²) >= 11 is 0. The molecule has 1 aromatic carbocycles. The van der Waals surface area contributed by atoms with Gasteiger partial charge in [0.15, 0.2) is 0 Å². The van der Waals surface area contributed by atoms with Gasteiger partial charge in [0.1, 0.15) is 0 Å². The number of nitrogens with zero attached hydrogens (tertiary/aromatic N) is 1. The molecule has 0 aromatic heterocycles. The highest BCUT2D eigenvalue weighted by molar-refractivity contribution is 5.84. The van der Waals surface area contributed by atoms with Crippen LogP contribution in [0.5, 0.6) is 0 Å². The number of aliphatic hydroxyl groups is 1. The van der Waals surface area contributed by atoms with E-state index in [-0.39, 0.29) is 11.8 Å². The Hall–Kier alpha value is -1.39. The second-order valence-electron chi connectivity index (χ2n) is 4.78. The second kappa shape index (κ2) is 5.98. The molecule has 2 atom stereocenters. The van der Waals surface area contributed by atoms with Gasteiger partial charge in [0.05, 0.1) is 12.0 Å². The summed E-state index contributed by atoms with van der Waals surface area (Å²) in [7, 11) is 0. The van der Waals surface area contributed by atoms with Crippen molar-refractivity contribution in [1.82, 2.24) is 4.90 Å². The van der Waals surface area contributed by atoms with Crippen molar-refractivity contribution in [2.24, 2.45) is 5.73 Å². The predicted molar refractivity (Wildman–Crippen MR) is 70.1 cm³/mol. The fourth-order valence-electron chi connectivity index (χ4n) is 2.44. The van der Waals surface area contributed by atoms with Crippen molar-refractivity contribution in [3.63, 3.8) is 0 Å². The van der Waals surface area contributed by atoms with Crippen molar-refractivity contribution in [2.75, 3.05) is 19.6 Å². The molecule has 0 radical (unpaired) electrons. The number of hydrogen-bond acceptors (Lipinski definition) is 3. The van der Waals surface area contributed by atoms with Crippen molar-refractivity contribution in [3.05, 3.63) is 35.9 Å². The fraction of sp³-hybridized carbons (Fsp3) is 0.500. The Kier molecular flexibility index (Phi) is 4.33. The van der Waals surface area contributed by atoms with Gasteiger partial charge in [-0.1, -0.05) is 30.3 Å². The van der Waals surface area contributed by atoms with Gasteiger partial charge in [0.2, 0.25) is 5.91 Å². The maximum atomic E-state index is 12.4. The molecular weight excluding hydrogens is 228 g/mol. The Labute approximate surface area is 107 Å². The zero-order valence-corrected chi connectivity index (χ0v) is 10.5. The standard InChI is InChI=1S/C14H20N2O2/c15-9-13(11-5-2-1-3-6-11)14(18)16-8-4-7-12(17)10-16/h1-3,5-6,12-13,17H,4,7-10,15H2/t12-,13?/m0/s1. The van der Waals surface area contributed by atoms with Crippen LogP contribution in [0.25, 0.3) is 0 Å². The van der Waals surface area contributed by atoms with Crippen LogP contribution in [-0.2, 0) is 4.79 Å². The number of piperidine rings is 1. The summed E-state index contributed by atoms with van der Waals surface area (Å²) in [4.78, 5) is 14.1. The molecule has 2 rings (SSSR count). The van der Waals surface area contributed by atoms with E-state index in [0.717, 1.165) is 24.9 Å². The van der Waals surface area contributed by atoms with Crippen molar-refractivity contribution in [3.8, 4) is 0 Å². The Morgan fingerprint density at radius 3 is 2.78 bits per heavy atom. The number of likely N-dealkylation sites (tertiary alicyclic amines) is 1. The molecule has 1 amide bonds. The van der Waals surface area contributed by atoms with E-state index >= 15 is 0 Å². The van der Waals surface area contributed by atoms with Gasteiger partial charge >= 0.3 is 0 Å². The molecule has 4 heteroatoms. The maximum Gasteiger partial charge on any atom is 0.231 e. The third kappa shape index (κ3) is 2.89. The van der Waals surface area contributed by atoms with Gasteiger partial charge in [-0.25, -0.2) is 0 Å². The van der Waals surface area contributed by atoms with Gasteiger partial charge in [-0.15, -0.1) is 0 Å². The van der Waals surface area contributed by atoms with Crippen molar-refractivity contribution >= 4 is 5.91 Å². The molecule has 0 aliphatic carbocycles. The number of hydrogen-bond donors (Lipinski definition) is 2. The van der Waals surface area contributed by atoms with Crippen LogP contribution < -0.4 is 5.73 Å². The van der Waals surface area contributed by atoms with Crippen LogP contribution in [0.1, 0.15) is 24.3 Å². The minimum absolute atomic E-state index is 0.0300. The van der Waals surface area contributed by atoms with E-state index in [1.165, 1.54) is 0 Å². The normalized spacial score (nSPS) is 21.7. The zero-order valence-electron chi connectivity index (χ0n) is 10.5. The second-order valence-corrected chi connectivity index (χ2v) is 4.78. The zero-order chi connectivity index (χ0) is 13.0. The summed E-state index contributed by atoms with van der Waals surface area (Å²) in [6.07, 6.45) is 1.25. The third-order valence-electron chi connectivity index (χ3n) is 3.44. The van der Waals surface area contributed by atoms with E-state index in [4.69, 9.17) is 5.73 Å². The lowest BCUT2D eigenvalue weighted by atomic mass is 9.96. The number of carbonyl (C=O) groups excluding carboxylic acids is 1. The highest BCUT2D eigenvalue weighted by atomic mass is 16.3. The van der Waals surface area contributed by atoms with Gasteiger partial charge in [-0.3, -0.25) is 4.79 Å². The first-order valence-electron chi connectivity index (χ1n) is 6.44. The summed E-state index contributed by atoms with van der Waals surface area (Å²) in [5.74, 6) is -0.265. The highest BCUT2D eigenvalue weighted by Crippen LogP contribution is 2.20. The Morgan fingerprint density at radius 2 is 2.17 bits per heavy atom. The topological polar surface area (TPSA) is 66.6 Å². The Morgan fingerprint density at radius 1 is 1.44 bits per heavy atom. The molecule has 1 saturated heterocycles. The van der Waals surface area contributed by atoms with E-state index < -0.39 is 6.10 Å². The number of carbonyl (C=O) groups is 1. The van der Waals surface area contributed by atoms with Crippen LogP contribution in [0.15, 0.2) is 30.3 Å². The molecule has 1 heterocycles. The number of aliphatic hydroxyl groups excluding tert-OH is 1. The first-order chi connectivity index (χ1) is 8.72. The molecule has 18 heavy (non-hydrogen) atoms. The fourth-order valence-corrected chi connectivity index (χ4v) is 2.44. The molecule has 4 nitrogen and oxygen atoms in total. The summed E-state index contributed by atoms with van der Waals surface area (Å²) in [6, 6.07) is 9.60. The molecule has 3 N–H and O–H groups in total. The monoisotopic (exact) mass is 248 g/mol. The Balaban J connectivity index is 2.10. The molecule has 1 unspecified atom stereocenters. The lowest BCUT2D eigenvalue weighted by Crippen LogP contribution is -2.45. The van der Waals surface area contributed by atoms with Gasteiger partial charge in [0, 0.05) is 19.6 Å². The number of amides is 1. The average molecular weight is 248 g/mol. The largest absolute Gasteiger partial charge is 0.391 e. The van der Waals surface area contributed by atoms with E-state index in [1.807, 2.05) is 30.3 Å². The van der Waals surface area contributed by atoms with Crippen LogP contribution in [0.2, 0.25) is 0 Å². The van der Waals surface area contributed by atoms with Crippen molar-refractivity contribution < 1.29 is 9.90 Å². The smallest absolute Gasteiger partial charge is 0.231 e. The predicted octanol–water partition coefficient (Wildman–Crippen LogP) is 0.712. The molecule has 0 spiro atoms. The van der Waals surface area contributed by atoms with Crippen LogP contribution in [0.3, 0.4) is 0 Å². The third-order valence-corrected chi connectivity index (χ3v) is 3.44. The number of benzene rings is 1. The van der Waals surface area contributed by atoms with Crippen LogP contribution >= 0.6 is 0 Å². The number of β-amino-alcohol motifs (C(OH)–C–C–N with tert-alkyl or cyclic N) is 1. The van der Waals surface area contributed by atoms with Crippen LogP contribution in [0.4, 0.5) is 0 Å². The molecule has 0 bridgehead atoms. The SMILES string of the molecule is NCC(C(=O)N1CCC[C@H](O)C1)c1ccccc1. The lowest BCUT2D eigenvalue weighted by Gasteiger charge is -2.32. The van der Waals surface area contributed by atoms with E-state index in [1.54, 1.807) is 4.90 Å². The number of nitrogens with two attached hydrogens (primary N) is 1. The quantitative estimate of drug-likeness (QED) is 0.828. The summed E-state index contributed by atoms with van der Waals surface area (Å²) in [5, 5.41) is 9.63. The average Bonchev–Trinajstić information content (AvgIpc) is 2.41.